The van der Waals surface area contributed by atoms with E-state index in [2.05, 4.69) is 20.8 Å². The van der Waals surface area contributed by atoms with Crippen molar-refractivity contribution in [1.29, 1.82) is 0 Å². The topological polar surface area (TPSA) is 95.9 Å². The maximum Gasteiger partial charge on any atom is 0.317 e. The summed E-state index contributed by atoms with van der Waals surface area (Å²) in [6.45, 7) is 4.96. The molecular weight excluding hydrogens is 322 g/mol. The van der Waals surface area contributed by atoms with Crippen LogP contribution in [0.3, 0.4) is 0 Å². The van der Waals surface area contributed by atoms with Crippen LogP contribution in [0.5, 0.6) is 0 Å². The zero-order valence-electron chi connectivity index (χ0n) is 14.5. The molecule has 1 saturated heterocycles. The predicted molar refractivity (Wildman–Crippen MR) is 93.2 cm³/mol. The van der Waals surface area contributed by atoms with Gasteiger partial charge < -0.3 is 20.4 Å². The number of piperidine rings is 1. The Morgan fingerprint density at radius 1 is 1.40 bits per heavy atom. The molecule has 3 heterocycles. The van der Waals surface area contributed by atoms with E-state index in [1.807, 2.05) is 13.8 Å². The van der Waals surface area contributed by atoms with Gasteiger partial charge in [0, 0.05) is 25.2 Å². The number of oxime groups is 1. The summed E-state index contributed by atoms with van der Waals surface area (Å²) in [5, 5.41) is 9.64. The summed E-state index contributed by atoms with van der Waals surface area (Å²) in [5.41, 5.74) is 0.349. The molecule has 2 N–H and O–H groups in total. The minimum Gasteiger partial charge on any atom is -0.386 e. The number of nitrogens with zero attached hydrogens (tertiary/aromatic N) is 3. The lowest BCUT2D eigenvalue weighted by molar-refractivity contribution is -0.110. The Balaban J connectivity index is 1.60. The third-order valence-corrected chi connectivity index (χ3v) is 4.26. The van der Waals surface area contributed by atoms with E-state index in [0.29, 0.717) is 30.9 Å². The molecule has 0 radical (unpaired) electrons. The number of urea groups is 1. The van der Waals surface area contributed by atoms with E-state index in [9.17, 15) is 9.59 Å². The average Bonchev–Trinajstić information content (AvgIpc) is 2.99. The quantitative estimate of drug-likeness (QED) is 0.872. The average molecular weight is 345 g/mol. The molecule has 0 aliphatic carbocycles. The summed E-state index contributed by atoms with van der Waals surface area (Å²) in [4.78, 5) is 35.9. The summed E-state index contributed by atoms with van der Waals surface area (Å²) in [6.07, 6.45) is 5.19. The monoisotopic (exact) mass is 345 g/mol. The van der Waals surface area contributed by atoms with Gasteiger partial charge in [0.05, 0.1) is 18.4 Å². The second-order valence-corrected chi connectivity index (χ2v) is 6.81. The molecular formula is C17H23N5O3. The molecule has 1 aromatic heterocycles. The van der Waals surface area contributed by atoms with Crippen LogP contribution < -0.4 is 10.6 Å². The molecule has 2 aliphatic heterocycles. The van der Waals surface area contributed by atoms with Gasteiger partial charge in [0.25, 0.3) is 5.91 Å². The number of rotatable bonds is 3. The third-order valence-electron chi connectivity index (χ3n) is 4.26. The van der Waals surface area contributed by atoms with E-state index < -0.39 is 5.60 Å². The van der Waals surface area contributed by atoms with Crippen molar-refractivity contribution < 1.29 is 14.4 Å². The molecule has 1 atom stereocenters. The molecule has 0 saturated carbocycles. The number of carbonyl (C=O) groups excluding carboxylic acids is 2. The Morgan fingerprint density at radius 3 is 2.96 bits per heavy atom. The lowest BCUT2D eigenvalue weighted by Crippen LogP contribution is -2.54. The molecule has 2 aliphatic rings. The number of hydrogen-bond acceptors (Lipinski definition) is 5. The molecule has 25 heavy (non-hydrogen) atoms. The van der Waals surface area contributed by atoms with Gasteiger partial charge in [-0.05, 0) is 38.8 Å². The van der Waals surface area contributed by atoms with Crippen molar-refractivity contribution in [2.24, 2.45) is 5.16 Å². The first-order chi connectivity index (χ1) is 12.0. The van der Waals surface area contributed by atoms with Gasteiger partial charge in [0.1, 0.15) is 5.71 Å². The summed E-state index contributed by atoms with van der Waals surface area (Å²) < 4.78 is 0. The number of amides is 3. The number of aromatic nitrogens is 1. The van der Waals surface area contributed by atoms with Crippen molar-refractivity contribution in [3.8, 4) is 0 Å². The fourth-order valence-corrected chi connectivity index (χ4v) is 3.11. The van der Waals surface area contributed by atoms with Crippen LogP contribution in [0.4, 0.5) is 10.5 Å². The zero-order valence-corrected chi connectivity index (χ0v) is 14.5. The summed E-state index contributed by atoms with van der Waals surface area (Å²) >= 11 is 0. The van der Waals surface area contributed by atoms with Crippen LogP contribution in [0.1, 0.15) is 33.1 Å². The molecule has 1 spiro atoms. The third kappa shape index (κ3) is 4.07. The summed E-state index contributed by atoms with van der Waals surface area (Å²) in [6, 6.07) is 3.48. The van der Waals surface area contributed by atoms with E-state index in [-0.39, 0.29) is 18.0 Å². The molecule has 0 aromatic carbocycles. The fourth-order valence-electron chi connectivity index (χ4n) is 3.11. The summed E-state index contributed by atoms with van der Waals surface area (Å²) in [7, 11) is 0. The zero-order chi connectivity index (χ0) is 17.9. The highest BCUT2D eigenvalue weighted by Crippen LogP contribution is 2.33. The van der Waals surface area contributed by atoms with Crippen molar-refractivity contribution in [2.45, 2.75) is 44.8 Å². The number of pyridine rings is 1. The maximum atomic E-state index is 12.4. The van der Waals surface area contributed by atoms with Crippen LogP contribution in [-0.2, 0) is 9.63 Å². The standard InChI is InChI=1S/C17H23N5O3/c1-12(2)19-16(24)22-8-4-6-17(11-22)9-14(21-25-17)15(23)20-13-5-3-7-18-10-13/h3,5,7,10,12H,4,6,8-9,11H2,1-2H3,(H,19,24)(H,20,23)/t17-/m0/s1. The first-order valence-electron chi connectivity index (χ1n) is 8.49. The van der Waals surface area contributed by atoms with Crippen molar-refractivity contribution in [3.63, 3.8) is 0 Å². The van der Waals surface area contributed by atoms with Gasteiger partial charge in [-0.15, -0.1) is 0 Å². The number of carbonyl (C=O) groups is 2. The van der Waals surface area contributed by atoms with E-state index in [1.165, 1.54) is 0 Å². The van der Waals surface area contributed by atoms with Crippen molar-refractivity contribution in [2.75, 3.05) is 18.4 Å². The summed E-state index contributed by atoms with van der Waals surface area (Å²) in [5.74, 6) is -0.298. The van der Waals surface area contributed by atoms with Crippen LogP contribution in [0.2, 0.25) is 0 Å². The predicted octanol–water partition coefficient (Wildman–Crippen LogP) is 1.75. The van der Waals surface area contributed by atoms with E-state index in [0.717, 1.165) is 12.8 Å². The van der Waals surface area contributed by atoms with Crippen LogP contribution in [0, 0.1) is 0 Å². The van der Waals surface area contributed by atoms with Crippen LogP contribution in [0.25, 0.3) is 0 Å². The smallest absolute Gasteiger partial charge is 0.317 e. The number of nitrogens with one attached hydrogen (secondary N) is 2. The van der Waals surface area contributed by atoms with Crippen molar-refractivity contribution in [1.82, 2.24) is 15.2 Å². The van der Waals surface area contributed by atoms with Gasteiger partial charge in [0.2, 0.25) is 0 Å². The molecule has 134 valence electrons. The molecule has 0 unspecified atom stereocenters. The highest BCUT2D eigenvalue weighted by molar-refractivity contribution is 6.43. The molecule has 8 heteroatoms. The van der Waals surface area contributed by atoms with Crippen LogP contribution in [0.15, 0.2) is 29.7 Å². The number of likely N-dealkylation sites (tertiary alicyclic amines) is 1. The fraction of sp³-hybridized carbons (Fsp3) is 0.529. The van der Waals surface area contributed by atoms with Crippen molar-refractivity contribution >= 4 is 23.3 Å². The second-order valence-electron chi connectivity index (χ2n) is 6.81. The SMILES string of the molecule is CC(C)NC(=O)N1CCC[C@]2(CC(C(=O)Nc3cccnc3)=NO2)C1. The lowest BCUT2D eigenvalue weighted by Gasteiger charge is -2.38. The second kappa shape index (κ2) is 7.08. The molecule has 8 nitrogen and oxygen atoms in total. The largest absolute Gasteiger partial charge is 0.386 e. The Hall–Kier alpha value is -2.64. The molecule has 1 aromatic rings. The minimum absolute atomic E-state index is 0.0759. The van der Waals surface area contributed by atoms with E-state index in [4.69, 9.17) is 4.84 Å². The van der Waals surface area contributed by atoms with Gasteiger partial charge in [-0.3, -0.25) is 9.78 Å². The van der Waals surface area contributed by atoms with Crippen molar-refractivity contribution in [3.05, 3.63) is 24.5 Å². The Labute approximate surface area is 146 Å². The van der Waals surface area contributed by atoms with Gasteiger partial charge in [-0.25, -0.2) is 4.79 Å². The number of hydrogen-bond donors (Lipinski definition) is 2. The number of anilines is 1. The molecule has 3 amide bonds. The highest BCUT2D eigenvalue weighted by atomic mass is 16.7. The van der Waals surface area contributed by atoms with Gasteiger partial charge >= 0.3 is 6.03 Å². The van der Waals surface area contributed by atoms with Gasteiger partial charge in [-0.1, -0.05) is 5.16 Å². The van der Waals surface area contributed by atoms with Crippen LogP contribution >= 0.6 is 0 Å². The maximum absolute atomic E-state index is 12.4. The van der Waals surface area contributed by atoms with Gasteiger partial charge in [-0.2, -0.15) is 0 Å². The minimum atomic E-state index is -0.603. The lowest BCUT2D eigenvalue weighted by atomic mass is 9.88. The molecule has 3 rings (SSSR count). The van der Waals surface area contributed by atoms with Crippen LogP contribution in [-0.4, -0.2) is 52.3 Å². The first kappa shape index (κ1) is 17.2. The van der Waals surface area contributed by atoms with E-state index in [1.54, 1.807) is 29.4 Å². The van der Waals surface area contributed by atoms with Gasteiger partial charge in [0.15, 0.2) is 5.60 Å². The van der Waals surface area contributed by atoms with E-state index >= 15 is 0 Å². The molecule has 1 fully saturated rings. The Bertz CT molecular complexity index is 676. The normalized spacial score (nSPS) is 22.5. The highest BCUT2D eigenvalue weighted by Gasteiger charge is 2.45. The Kier molecular flexibility index (Phi) is 4.87. The molecule has 0 bridgehead atoms. The first-order valence-corrected chi connectivity index (χ1v) is 8.49. The Morgan fingerprint density at radius 2 is 2.24 bits per heavy atom.